The molecule has 3 nitrogen and oxygen atoms in total. The molecule has 0 N–H and O–H groups in total. The Kier molecular flexibility index (Phi) is 3.85. The first-order valence-corrected chi connectivity index (χ1v) is 6.03. The molecule has 98 valence electrons. The second-order valence-electron chi connectivity index (χ2n) is 4.41. The van der Waals surface area contributed by atoms with Crippen molar-refractivity contribution in [3.05, 3.63) is 59.2 Å². The predicted molar refractivity (Wildman–Crippen MR) is 73.8 cm³/mol. The first kappa shape index (κ1) is 13.1. The van der Waals surface area contributed by atoms with Crippen molar-refractivity contribution in [1.82, 2.24) is 0 Å². The summed E-state index contributed by atoms with van der Waals surface area (Å²) in [5.74, 6) is 0.798. The molecule has 0 atom stereocenters. The minimum atomic E-state index is -0.397. The molecule has 3 heteroatoms. The summed E-state index contributed by atoms with van der Waals surface area (Å²) in [6, 6.07) is 13.1. The summed E-state index contributed by atoms with van der Waals surface area (Å²) in [6.45, 7) is 3.93. The number of hydrogen-bond acceptors (Lipinski definition) is 3. The lowest BCUT2D eigenvalue weighted by molar-refractivity contribution is 0.0598. The number of aryl methyl sites for hydroxylation is 2. The van der Waals surface area contributed by atoms with Crippen molar-refractivity contribution in [2.45, 2.75) is 13.8 Å². The Morgan fingerprint density at radius 3 is 2.21 bits per heavy atom. The molecular formula is C16H16O3. The van der Waals surface area contributed by atoms with Crippen LogP contribution in [-0.4, -0.2) is 13.1 Å². The molecule has 0 aliphatic heterocycles. The molecule has 2 rings (SSSR count). The van der Waals surface area contributed by atoms with Crippen LogP contribution in [0.3, 0.4) is 0 Å². The van der Waals surface area contributed by atoms with Gasteiger partial charge in [0.25, 0.3) is 0 Å². The van der Waals surface area contributed by atoms with Crippen LogP contribution in [0.4, 0.5) is 0 Å². The topological polar surface area (TPSA) is 35.5 Å². The summed E-state index contributed by atoms with van der Waals surface area (Å²) < 4.78 is 10.5. The Labute approximate surface area is 112 Å². The number of esters is 1. The zero-order chi connectivity index (χ0) is 13.8. The number of carbonyl (C=O) groups is 1. The first-order chi connectivity index (χ1) is 9.10. The largest absolute Gasteiger partial charge is 0.465 e. The molecule has 2 aromatic rings. The molecule has 0 saturated heterocycles. The fourth-order valence-corrected chi connectivity index (χ4v) is 1.74. The standard InChI is InChI=1S/C16H16O3/c1-11-4-7-13(8-5-11)19-15-9-6-12(2)10-14(15)16(17)18-3/h4-10H,1-3H3. The van der Waals surface area contributed by atoms with E-state index in [1.54, 1.807) is 12.1 Å². The molecule has 0 unspecified atom stereocenters. The first-order valence-electron chi connectivity index (χ1n) is 6.03. The summed E-state index contributed by atoms with van der Waals surface area (Å²) in [4.78, 5) is 11.7. The molecule has 2 aromatic carbocycles. The van der Waals surface area contributed by atoms with Crippen molar-refractivity contribution in [3.8, 4) is 11.5 Å². The maximum absolute atomic E-state index is 11.7. The van der Waals surface area contributed by atoms with E-state index in [0.29, 0.717) is 17.1 Å². The highest BCUT2D eigenvalue weighted by molar-refractivity contribution is 5.92. The lowest BCUT2D eigenvalue weighted by Gasteiger charge is -2.10. The Hall–Kier alpha value is -2.29. The lowest BCUT2D eigenvalue weighted by atomic mass is 10.1. The van der Waals surface area contributed by atoms with Gasteiger partial charge in [0.15, 0.2) is 0 Å². The number of methoxy groups -OCH3 is 1. The number of rotatable bonds is 3. The molecular weight excluding hydrogens is 240 g/mol. The highest BCUT2D eigenvalue weighted by Gasteiger charge is 2.13. The Balaban J connectivity index is 2.34. The molecule has 0 aliphatic rings. The predicted octanol–water partition coefficient (Wildman–Crippen LogP) is 3.88. The third-order valence-electron chi connectivity index (χ3n) is 2.79. The van der Waals surface area contributed by atoms with E-state index >= 15 is 0 Å². The Morgan fingerprint density at radius 1 is 0.947 bits per heavy atom. The quantitative estimate of drug-likeness (QED) is 0.782. The van der Waals surface area contributed by atoms with Crippen LogP contribution in [0.15, 0.2) is 42.5 Å². The number of benzene rings is 2. The summed E-state index contributed by atoms with van der Waals surface area (Å²) >= 11 is 0. The molecule has 0 amide bonds. The van der Waals surface area contributed by atoms with Crippen molar-refractivity contribution in [3.63, 3.8) is 0 Å². The van der Waals surface area contributed by atoms with E-state index in [4.69, 9.17) is 9.47 Å². The zero-order valence-electron chi connectivity index (χ0n) is 11.3. The van der Waals surface area contributed by atoms with Gasteiger partial charge in [-0.1, -0.05) is 29.3 Å². The minimum Gasteiger partial charge on any atom is -0.465 e. The summed E-state index contributed by atoms with van der Waals surface area (Å²) in [5.41, 5.74) is 2.57. The molecule has 0 aromatic heterocycles. The highest BCUT2D eigenvalue weighted by Crippen LogP contribution is 2.27. The summed E-state index contributed by atoms with van der Waals surface area (Å²) in [5, 5.41) is 0. The fourth-order valence-electron chi connectivity index (χ4n) is 1.74. The molecule has 0 fully saturated rings. The lowest BCUT2D eigenvalue weighted by Crippen LogP contribution is -2.04. The molecule has 0 aliphatic carbocycles. The van der Waals surface area contributed by atoms with Crippen LogP contribution in [0.25, 0.3) is 0 Å². The average molecular weight is 256 g/mol. The van der Waals surface area contributed by atoms with Gasteiger partial charge in [0.1, 0.15) is 17.1 Å². The van der Waals surface area contributed by atoms with E-state index in [2.05, 4.69) is 0 Å². The second kappa shape index (κ2) is 5.57. The van der Waals surface area contributed by atoms with Crippen LogP contribution in [0, 0.1) is 13.8 Å². The SMILES string of the molecule is COC(=O)c1cc(C)ccc1Oc1ccc(C)cc1. The maximum atomic E-state index is 11.7. The van der Waals surface area contributed by atoms with Crippen molar-refractivity contribution in [2.24, 2.45) is 0 Å². The van der Waals surface area contributed by atoms with Gasteiger partial charge in [0.2, 0.25) is 0 Å². The van der Waals surface area contributed by atoms with Crippen LogP contribution in [0.2, 0.25) is 0 Å². The normalized spacial score (nSPS) is 10.1. The van der Waals surface area contributed by atoms with Crippen molar-refractivity contribution in [2.75, 3.05) is 7.11 Å². The van der Waals surface area contributed by atoms with E-state index in [1.165, 1.54) is 7.11 Å². The third kappa shape index (κ3) is 3.13. The summed E-state index contributed by atoms with van der Waals surface area (Å²) in [6.07, 6.45) is 0. The van der Waals surface area contributed by atoms with Crippen molar-refractivity contribution >= 4 is 5.97 Å². The minimum absolute atomic E-state index is 0.397. The zero-order valence-corrected chi connectivity index (χ0v) is 11.3. The number of carbonyl (C=O) groups excluding carboxylic acids is 1. The van der Waals surface area contributed by atoms with Gasteiger partial charge in [-0.2, -0.15) is 0 Å². The molecule has 0 spiro atoms. The van der Waals surface area contributed by atoms with Crippen molar-refractivity contribution < 1.29 is 14.3 Å². The summed E-state index contributed by atoms with van der Waals surface area (Å²) in [7, 11) is 1.36. The molecule has 0 radical (unpaired) electrons. The van der Waals surface area contributed by atoms with Gasteiger partial charge >= 0.3 is 5.97 Å². The Morgan fingerprint density at radius 2 is 1.58 bits per heavy atom. The van der Waals surface area contributed by atoms with E-state index in [0.717, 1.165) is 11.1 Å². The third-order valence-corrected chi connectivity index (χ3v) is 2.79. The van der Waals surface area contributed by atoms with Gasteiger partial charge in [-0.3, -0.25) is 0 Å². The van der Waals surface area contributed by atoms with Crippen LogP contribution in [0.5, 0.6) is 11.5 Å². The van der Waals surface area contributed by atoms with E-state index < -0.39 is 5.97 Å². The van der Waals surface area contributed by atoms with E-state index in [1.807, 2.05) is 44.2 Å². The van der Waals surface area contributed by atoms with Gasteiger partial charge in [-0.05, 0) is 38.1 Å². The van der Waals surface area contributed by atoms with E-state index in [9.17, 15) is 4.79 Å². The highest BCUT2D eigenvalue weighted by atomic mass is 16.5. The molecule has 19 heavy (non-hydrogen) atoms. The fraction of sp³-hybridized carbons (Fsp3) is 0.188. The van der Waals surface area contributed by atoms with Crippen LogP contribution >= 0.6 is 0 Å². The molecule has 0 bridgehead atoms. The smallest absolute Gasteiger partial charge is 0.341 e. The second-order valence-corrected chi connectivity index (χ2v) is 4.41. The monoisotopic (exact) mass is 256 g/mol. The molecule has 0 heterocycles. The van der Waals surface area contributed by atoms with Gasteiger partial charge in [-0.25, -0.2) is 4.79 Å². The maximum Gasteiger partial charge on any atom is 0.341 e. The van der Waals surface area contributed by atoms with Gasteiger partial charge in [0, 0.05) is 0 Å². The number of hydrogen-bond donors (Lipinski definition) is 0. The molecule has 0 saturated carbocycles. The van der Waals surface area contributed by atoms with Crippen LogP contribution < -0.4 is 4.74 Å². The number of ether oxygens (including phenoxy) is 2. The van der Waals surface area contributed by atoms with Gasteiger partial charge < -0.3 is 9.47 Å². The average Bonchev–Trinajstić information content (AvgIpc) is 2.42. The van der Waals surface area contributed by atoms with Crippen molar-refractivity contribution in [1.29, 1.82) is 0 Å². The van der Waals surface area contributed by atoms with Gasteiger partial charge in [0.05, 0.1) is 7.11 Å². The van der Waals surface area contributed by atoms with Gasteiger partial charge in [-0.15, -0.1) is 0 Å². The van der Waals surface area contributed by atoms with Crippen LogP contribution in [-0.2, 0) is 4.74 Å². The van der Waals surface area contributed by atoms with Crippen LogP contribution in [0.1, 0.15) is 21.5 Å². The Bertz CT molecular complexity index is 585. The van der Waals surface area contributed by atoms with E-state index in [-0.39, 0.29) is 0 Å².